The van der Waals surface area contributed by atoms with Crippen LogP contribution in [-0.2, 0) is 0 Å². The normalized spacial score (nSPS) is 23.8. The molecule has 4 rings (SSSR count). The zero-order valence-corrected chi connectivity index (χ0v) is 15.7. The van der Waals surface area contributed by atoms with E-state index in [1.807, 2.05) is 42.5 Å². The third-order valence-electron chi connectivity index (χ3n) is 5.54. The van der Waals surface area contributed by atoms with E-state index in [0.717, 1.165) is 29.4 Å². The van der Waals surface area contributed by atoms with Crippen molar-refractivity contribution in [3.05, 3.63) is 60.2 Å². The van der Waals surface area contributed by atoms with E-state index in [1.54, 1.807) is 11.8 Å². The fourth-order valence-corrected chi connectivity index (χ4v) is 4.96. The Kier molecular flexibility index (Phi) is 5.49. The number of benzene rings is 2. The Balaban J connectivity index is 1.22. The number of carbonyl (C=O) groups is 1. The Bertz CT molecular complexity index is 732. The summed E-state index contributed by atoms with van der Waals surface area (Å²) in [6.45, 7) is 0.649. The van der Waals surface area contributed by atoms with Crippen LogP contribution >= 0.6 is 11.8 Å². The molecule has 2 aromatic rings. The van der Waals surface area contributed by atoms with Gasteiger partial charge in [0.15, 0.2) is 0 Å². The molecule has 2 aromatic carbocycles. The van der Waals surface area contributed by atoms with Crippen molar-refractivity contribution in [1.82, 2.24) is 5.32 Å². The number of rotatable bonds is 7. The van der Waals surface area contributed by atoms with E-state index in [4.69, 9.17) is 4.74 Å². The van der Waals surface area contributed by atoms with Gasteiger partial charge in [-0.2, -0.15) is 0 Å². The van der Waals surface area contributed by atoms with Crippen molar-refractivity contribution in [3.63, 3.8) is 0 Å². The lowest BCUT2D eigenvalue weighted by Crippen LogP contribution is -2.38. The van der Waals surface area contributed by atoms with E-state index in [-0.39, 0.29) is 5.91 Å². The second-order valence-electron chi connectivity index (χ2n) is 7.29. The number of hydrogen-bond donors (Lipinski definition) is 1. The summed E-state index contributed by atoms with van der Waals surface area (Å²) in [5, 5.41) is 3.23. The summed E-state index contributed by atoms with van der Waals surface area (Å²) in [6, 6.07) is 18.2. The molecule has 2 saturated carbocycles. The van der Waals surface area contributed by atoms with Gasteiger partial charge in [-0.1, -0.05) is 24.6 Å². The van der Waals surface area contributed by atoms with Crippen LogP contribution in [-0.4, -0.2) is 24.3 Å². The summed E-state index contributed by atoms with van der Waals surface area (Å²) in [4.78, 5) is 13.7. The molecule has 26 heavy (non-hydrogen) atoms. The first-order valence-corrected chi connectivity index (χ1v) is 10.5. The molecule has 4 heteroatoms. The van der Waals surface area contributed by atoms with Crippen LogP contribution in [0.1, 0.15) is 36.0 Å². The lowest BCUT2D eigenvalue weighted by Gasteiger charge is -2.22. The first-order chi connectivity index (χ1) is 12.8. The quantitative estimate of drug-likeness (QED) is 0.565. The summed E-state index contributed by atoms with van der Waals surface area (Å²) in [6.07, 6.45) is 5.10. The van der Waals surface area contributed by atoms with Gasteiger partial charge in [0.05, 0.1) is 6.61 Å². The van der Waals surface area contributed by atoms with Crippen LogP contribution in [0.4, 0.5) is 0 Å². The van der Waals surface area contributed by atoms with Gasteiger partial charge >= 0.3 is 0 Å². The van der Waals surface area contributed by atoms with Crippen LogP contribution in [0.2, 0.25) is 0 Å². The molecule has 0 saturated heterocycles. The summed E-state index contributed by atoms with van der Waals surface area (Å²) in [7, 11) is 0. The SMILES string of the molecule is O=C(N[C@@H]1C[C@H]2CC[C@H]1C2)c1ccc(OCCSc2ccccc2)cc1. The number of hydrogen-bond acceptors (Lipinski definition) is 3. The minimum atomic E-state index is 0.0498. The van der Waals surface area contributed by atoms with Crippen molar-refractivity contribution < 1.29 is 9.53 Å². The molecule has 3 atom stereocenters. The predicted molar refractivity (Wildman–Crippen MR) is 106 cm³/mol. The van der Waals surface area contributed by atoms with Crippen molar-refractivity contribution in [2.24, 2.45) is 11.8 Å². The number of thioether (sulfide) groups is 1. The molecule has 2 bridgehead atoms. The molecule has 2 fully saturated rings. The van der Waals surface area contributed by atoms with Crippen molar-refractivity contribution >= 4 is 17.7 Å². The Hall–Kier alpha value is -1.94. The van der Waals surface area contributed by atoms with E-state index in [2.05, 4.69) is 17.4 Å². The van der Waals surface area contributed by atoms with Gasteiger partial charge in [0.1, 0.15) is 5.75 Å². The number of amides is 1. The molecule has 3 nitrogen and oxygen atoms in total. The molecule has 1 N–H and O–H groups in total. The monoisotopic (exact) mass is 367 g/mol. The van der Waals surface area contributed by atoms with Crippen molar-refractivity contribution in [3.8, 4) is 5.75 Å². The topological polar surface area (TPSA) is 38.3 Å². The third kappa shape index (κ3) is 4.24. The summed E-state index contributed by atoms with van der Waals surface area (Å²) >= 11 is 1.78. The van der Waals surface area contributed by atoms with Gasteiger partial charge in [-0.05, 0) is 67.5 Å². The molecule has 0 aliphatic heterocycles. The highest BCUT2D eigenvalue weighted by molar-refractivity contribution is 7.99. The average Bonchev–Trinajstić information content (AvgIpc) is 3.30. The van der Waals surface area contributed by atoms with E-state index in [9.17, 15) is 4.79 Å². The Morgan fingerprint density at radius 2 is 1.85 bits per heavy atom. The van der Waals surface area contributed by atoms with Gasteiger partial charge in [-0.3, -0.25) is 4.79 Å². The van der Waals surface area contributed by atoms with Gasteiger partial charge in [-0.15, -0.1) is 11.8 Å². The zero-order valence-electron chi connectivity index (χ0n) is 14.9. The molecule has 136 valence electrons. The van der Waals surface area contributed by atoms with Gasteiger partial charge < -0.3 is 10.1 Å². The van der Waals surface area contributed by atoms with Crippen molar-refractivity contribution in [1.29, 1.82) is 0 Å². The van der Waals surface area contributed by atoms with Crippen LogP contribution in [0, 0.1) is 11.8 Å². The van der Waals surface area contributed by atoms with Gasteiger partial charge in [0.25, 0.3) is 5.91 Å². The summed E-state index contributed by atoms with van der Waals surface area (Å²) < 4.78 is 5.78. The molecule has 1 amide bonds. The molecular weight excluding hydrogens is 342 g/mol. The maximum Gasteiger partial charge on any atom is 0.251 e. The maximum absolute atomic E-state index is 12.5. The van der Waals surface area contributed by atoms with E-state index in [1.165, 1.54) is 24.2 Å². The Morgan fingerprint density at radius 1 is 1.04 bits per heavy atom. The highest BCUT2D eigenvalue weighted by atomic mass is 32.2. The van der Waals surface area contributed by atoms with Crippen LogP contribution < -0.4 is 10.1 Å². The van der Waals surface area contributed by atoms with Crippen LogP contribution in [0.15, 0.2) is 59.5 Å². The Labute approximate surface area is 159 Å². The fraction of sp³-hybridized carbons (Fsp3) is 0.409. The van der Waals surface area contributed by atoms with Gasteiger partial charge in [0.2, 0.25) is 0 Å². The lowest BCUT2D eigenvalue weighted by molar-refractivity contribution is 0.0923. The van der Waals surface area contributed by atoms with Crippen LogP contribution in [0.25, 0.3) is 0 Å². The number of ether oxygens (including phenoxy) is 1. The molecule has 0 unspecified atom stereocenters. The number of nitrogens with one attached hydrogen (secondary N) is 1. The standard InChI is InChI=1S/C22H25NO2S/c24-22(23-21-15-16-6-7-18(21)14-16)17-8-10-19(11-9-17)25-12-13-26-20-4-2-1-3-5-20/h1-5,8-11,16,18,21H,6-7,12-15H2,(H,23,24)/t16-,18-,21+/m0/s1. The van der Waals surface area contributed by atoms with Gasteiger partial charge in [-0.25, -0.2) is 0 Å². The van der Waals surface area contributed by atoms with Gasteiger partial charge in [0, 0.05) is 22.3 Å². The number of fused-ring (bicyclic) bond motifs is 2. The predicted octanol–water partition coefficient (Wildman–Crippen LogP) is 4.78. The van der Waals surface area contributed by atoms with Crippen molar-refractivity contribution in [2.45, 2.75) is 36.6 Å². The first kappa shape index (κ1) is 17.5. The van der Waals surface area contributed by atoms with E-state index < -0.39 is 0 Å². The molecule has 2 aliphatic rings. The van der Waals surface area contributed by atoms with Crippen molar-refractivity contribution in [2.75, 3.05) is 12.4 Å². The maximum atomic E-state index is 12.5. The summed E-state index contributed by atoms with van der Waals surface area (Å²) in [5.41, 5.74) is 0.721. The van der Waals surface area contributed by atoms with Crippen LogP contribution in [0.5, 0.6) is 5.75 Å². The largest absolute Gasteiger partial charge is 0.493 e. The third-order valence-corrected chi connectivity index (χ3v) is 6.51. The zero-order chi connectivity index (χ0) is 17.8. The molecule has 0 heterocycles. The second kappa shape index (κ2) is 8.17. The van der Waals surface area contributed by atoms with E-state index >= 15 is 0 Å². The van der Waals surface area contributed by atoms with Crippen LogP contribution in [0.3, 0.4) is 0 Å². The molecule has 2 aliphatic carbocycles. The summed E-state index contributed by atoms with van der Waals surface area (Å²) in [5.74, 6) is 3.31. The molecule has 0 aromatic heterocycles. The van der Waals surface area contributed by atoms with E-state index in [0.29, 0.717) is 18.6 Å². The highest BCUT2D eigenvalue weighted by Gasteiger charge is 2.40. The molecule has 0 spiro atoms. The molecule has 0 radical (unpaired) electrons. The smallest absolute Gasteiger partial charge is 0.251 e. The lowest BCUT2D eigenvalue weighted by atomic mass is 9.95. The minimum absolute atomic E-state index is 0.0498. The second-order valence-corrected chi connectivity index (χ2v) is 8.46. The Morgan fingerprint density at radius 3 is 2.54 bits per heavy atom. The average molecular weight is 368 g/mol. The number of carbonyl (C=O) groups excluding carboxylic acids is 1. The minimum Gasteiger partial charge on any atom is -0.493 e. The molecular formula is C22H25NO2S. The fourth-order valence-electron chi connectivity index (χ4n) is 4.21. The highest BCUT2D eigenvalue weighted by Crippen LogP contribution is 2.44. The first-order valence-electron chi connectivity index (χ1n) is 9.49.